The Bertz CT molecular complexity index is 1550. The van der Waals surface area contributed by atoms with Crippen LogP contribution < -0.4 is 19.7 Å². The number of anilines is 1. The number of rotatable bonds is 9. The number of aryl methyl sites for hydroxylation is 1. The summed E-state index contributed by atoms with van der Waals surface area (Å²) < 4.78 is 12.0. The first-order chi connectivity index (χ1) is 19.1. The maximum absolute atomic E-state index is 13.5. The Labute approximate surface area is 246 Å². The van der Waals surface area contributed by atoms with Crippen molar-refractivity contribution in [1.29, 1.82) is 0 Å². The number of carbonyl (C=O) groups excluding carboxylic acids is 3. The van der Waals surface area contributed by atoms with Gasteiger partial charge in [0, 0.05) is 26.2 Å². The van der Waals surface area contributed by atoms with Gasteiger partial charge in [-0.15, -0.1) is 6.58 Å². The van der Waals surface area contributed by atoms with Crippen molar-refractivity contribution in [2.45, 2.75) is 26.9 Å². The third kappa shape index (κ3) is 6.33. The lowest BCUT2D eigenvalue weighted by molar-refractivity contribution is -0.122. The van der Waals surface area contributed by atoms with Crippen LogP contribution in [0.1, 0.15) is 29.2 Å². The van der Waals surface area contributed by atoms with Crippen LogP contribution in [-0.4, -0.2) is 24.5 Å². The summed E-state index contributed by atoms with van der Waals surface area (Å²) >= 11 is 18.4. The Hall–Kier alpha value is -3.78. The average molecular weight is 600 g/mol. The van der Waals surface area contributed by atoms with Gasteiger partial charge in [0.25, 0.3) is 11.8 Å². The van der Waals surface area contributed by atoms with Crippen molar-refractivity contribution in [2.75, 3.05) is 11.5 Å². The fourth-order valence-corrected chi connectivity index (χ4v) is 4.78. The van der Waals surface area contributed by atoms with Crippen LogP contribution in [0.5, 0.6) is 11.5 Å². The van der Waals surface area contributed by atoms with Gasteiger partial charge < -0.3 is 9.47 Å². The van der Waals surface area contributed by atoms with E-state index in [0.717, 1.165) is 10.5 Å². The van der Waals surface area contributed by atoms with Gasteiger partial charge >= 0.3 is 6.03 Å². The summed E-state index contributed by atoms with van der Waals surface area (Å²) in [6, 6.07) is 12.5. The molecule has 0 unspecified atom stereocenters. The molecule has 40 heavy (non-hydrogen) atoms. The predicted octanol–water partition coefficient (Wildman–Crippen LogP) is 7.33. The summed E-state index contributed by atoms with van der Waals surface area (Å²) in [4.78, 5) is 39.8. The number of allylic oxidation sites excluding steroid dienone is 1. The van der Waals surface area contributed by atoms with Crippen LogP contribution in [0.4, 0.5) is 10.5 Å². The van der Waals surface area contributed by atoms with Crippen LogP contribution in [0.25, 0.3) is 6.08 Å². The number of benzene rings is 3. The molecule has 4 rings (SSSR count). The molecule has 0 atom stereocenters. The highest BCUT2D eigenvalue weighted by atomic mass is 35.5. The highest BCUT2D eigenvalue weighted by molar-refractivity contribution is 6.39. The third-order valence-electron chi connectivity index (χ3n) is 6.03. The number of amides is 4. The fourth-order valence-electron chi connectivity index (χ4n) is 4.16. The van der Waals surface area contributed by atoms with Crippen LogP contribution in [0.15, 0.2) is 66.8 Å². The molecule has 1 aliphatic rings. The number of nitrogens with zero attached hydrogens (tertiary/aromatic N) is 1. The van der Waals surface area contributed by atoms with E-state index in [1.54, 1.807) is 55.5 Å². The van der Waals surface area contributed by atoms with Gasteiger partial charge in [-0.3, -0.25) is 14.9 Å². The van der Waals surface area contributed by atoms with E-state index in [-0.39, 0.29) is 17.9 Å². The number of nitrogens with one attached hydrogen (secondary N) is 1. The van der Waals surface area contributed by atoms with Crippen molar-refractivity contribution >= 4 is 64.4 Å². The minimum absolute atomic E-state index is 0.150. The van der Waals surface area contributed by atoms with Crippen LogP contribution in [0.3, 0.4) is 0 Å². The molecule has 1 N–H and O–H groups in total. The van der Waals surface area contributed by atoms with E-state index in [4.69, 9.17) is 44.3 Å². The Morgan fingerprint density at radius 3 is 2.38 bits per heavy atom. The number of carbonyl (C=O) groups is 3. The van der Waals surface area contributed by atoms with Gasteiger partial charge in [-0.25, -0.2) is 9.69 Å². The number of halogens is 3. The first-order valence-electron chi connectivity index (χ1n) is 12.3. The molecule has 0 aromatic heterocycles. The smallest absolute Gasteiger partial charge is 0.335 e. The Kier molecular flexibility index (Phi) is 9.20. The molecule has 0 radical (unpaired) electrons. The summed E-state index contributed by atoms with van der Waals surface area (Å²) in [6.07, 6.45) is 3.52. The molecule has 0 aliphatic carbocycles. The molecule has 1 aliphatic heterocycles. The molecule has 7 nitrogen and oxygen atoms in total. The van der Waals surface area contributed by atoms with E-state index >= 15 is 0 Å². The van der Waals surface area contributed by atoms with Crippen molar-refractivity contribution < 1.29 is 23.9 Å². The predicted molar refractivity (Wildman–Crippen MR) is 157 cm³/mol. The quantitative estimate of drug-likeness (QED) is 0.158. The highest BCUT2D eigenvalue weighted by Gasteiger charge is 2.37. The summed E-state index contributed by atoms with van der Waals surface area (Å²) in [7, 11) is 0. The second-order valence-electron chi connectivity index (χ2n) is 8.85. The van der Waals surface area contributed by atoms with Crippen LogP contribution >= 0.6 is 34.8 Å². The number of hydrogen-bond acceptors (Lipinski definition) is 5. The van der Waals surface area contributed by atoms with Crippen molar-refractivity contribution in [2.24, 2.45) is 0 Å². The molecular formula is C30H25Cl3N2O5. The zero-order chi connectivity index (χ0) is 29.0. The van der Waals surface area contributed by atoms with Crippen LogP contribution in [0.2, 0.25) is 15.1 Å². The van der Waals surface area contributed by atoms with Crippen molar-refractivity contribution in [1.82, 2.24) is 5.32 Å². The second kappa shape index (κ2) is 12.6. The van der Waals surface area contributed by atoms with Crippen molar-refractivity contribution in [3.8, 4) is 11.5 Å². The number of imide groups is 2. The van der Waals surface area contributed by atoms with Crippen LogP contribution in [0, 0.1) is 6.92 Å². The van der Waals surface area contributed by atoms with Gasteiger partial charge in [-0.2, -0.15) is 0 Å². The molecule has 3 aromatic rings. The van der Waals surface area contributed by atoms with E-state index in [1.165, 1.54) is 12.1 Å². The maximum Gasteiger partial charge on any atom is 0.335 e. The molecule has 0 bridgehead atoms. The molecule has 1 fully saturated rings. The standard InChI is InChI=1S/C30H25Cl3N2O5/c1-4-6-19-11-18(13-26(39-5-2)27(19)40-16-20-8-10-21(31)14-24(20)33)12-23-28(36)34-30(38)35(29(23)37)25-15-22(32)9-7-17(25)3/h4,7-15H,1,5-6,16H2,2-3H3,(H,34,36,38)/b23-12+. The molecule has 3 aromatic carbocycles. The minimum atomic E-state index is -0.857. The van der Waals surface area contributed by atoms with E-state index in [9.17, 15) is 14.4 Å². The lowest BCUT2D eigenvalue weighted by atomic mass is 10.0. The monoisotopic (exact) mass is 598 g/mol. The zero-order valence-corrected chi connectivity index (χ0v) is 24.0. The van der Waals surface area contributed by atoms with Crippen molar-refractivity contribution in [3.63, 3.8) is 0 Å². The first-order valence-corrected chi connectivity index (χ1v) is 13.4. The van der Waals surface area contributed by atoms with Gasteiger partial charge in [0.05, 0.1) is 12.3 Å². The summed E-state index contributed by atoms with van der Waals surface area (Å²) in [6.45, 7) is 7.88. The second-order valence-corrected chi connectivity index (χ2v) is 10.1. The molecule has 4 amide bonds. The lowest BCUT2D eigenvalue weighted by Crippen LogP contribution is -2.54. The van der Waals surface area contributed by atoms with Crippen molar-refractivity contribution in [3.05, 3.63) is 104 Å². The van der Waals surface area contributed by atoms with E-state index in [1.807, 2.05) is 6.92 Å². The number of ether oxygens (including phenoxy) is 2. The highest BCUT2D eigenvalue weighted by Crippen LogP contribution is 2.36. The van der Waals surface area contributed by atoms with Gasteiger partial charge in [-0.05, 0) is 73.9 Å². The number of barbiturate groups is 1. The van der Waals surface area contributed by atoms with E-state index < -0.39 is 17.8 Å². The Morgan fingerprint density at radius 2 is 1.68 bits per heavy atom. The van der Waals surface area contributed by atoms with Gasteiger partial charge in [0.1, 0.15) is 12.2 Å². The van der Waals surface area contributed by atoms with Gasteiger partial charge in [0.2, 0.25) is 0 Å². The first kappa shape index (κ1) is 29.2. The molecule has 1 heterocycles. The van der Waals surface area contributed by atoms with E-state index in [2.05, 4.69) is 11.9 Å². The molecule has 1 saturated heterocycles. The lowest BCUT2D eigenvalue weighted by Gasteiger charge is -2.27. The molecule has 10 heteroatoms. The summed E-state index contributed by atoms with van der Waals surface area (Å²) in [5, 5.41) is 3.56. The van der Waals surface area contributed by atoms with Gasteiger partial charge in [0.15, 0.2) is 11.5 Å². The fraction of sp³-hybridized carbons (Fsp3) is 0.167. The SMILES string of the molecule is C=CCc1cc(/C=C2\C(=O)NC(=O)N(c3cc(Cl)ccc3C)C2=O)cc(OCC)c1OCc1ccc(Cl)cc1Cl. The molecule has 206 valence electrons. The summed E-state index contributed by atoms with van der Waals surface area (Å²) in [5.74, 6) is -0.714. The Balaban J connectivity index is 1.74. The van der Waals surface area contributed by atoms with Gasteiger partial charge in [-0.1, -0.05) is 53.0 Å². The topological polar surface area (TPSA) is 84.9 Å². The largest absolute Gasteiger partial charge is 0.490 e. The summed E-state index contributed by atoms with van der Waals surface area (Å²) in [5.41, 5.74) is 2.62. The molecule has 0 saturated carbocycles. The Morgan fingerprint density at radius 1 is 0.950 bits per heavy atom. The number of urea groups is 1. The maximum atomic E-state index is 13.5. The zero-order valence-electron chi connectivity index (χ0n) is 21.7. The minimum Gasteiger partial charge on any atom is -0.490 e. The normalized spacial score (nSPS) is 14.4. The molecular weight excluding hydrogens is 575 g/mol. The average Bonchev–Trinajstić information content (AvgIpc) is 2.89. The van der Waals surface area contributed by atoms with Crippen LogP contribution in [-0.2, 0) is 22.6 Å². The number of hydrogen-bond donors (Lipinski definition) is 1. The third-order valence-corrected chi connectivity index (χ3v) is 6.85. The molecule has 0 spiro atoms. The van der Waals surface area contributed by atoms with E-state index in [0.29, 0.717) is 56.3 Å².